The number of carbonyl (C=O) groups excluding carboxylic acids is 1. The lowest BCUT2D eigenvalue weighted by molar-refractivity contribution is -0.121. The van der Waals surface area contributed by atoms with Gasteiger partial charge in [0.15, 0.2) is 0 Å². The summed E-state index contributed by atoms with van der Waals surface area (Å²) in [6, 6.07) is 4.21. The van der Waals surface area contributed by atoms with Gasteiger partial charge in [-0.25, -0.2) is 4.79 Å². The molecule has 0 heterocycles. The Morgan fingerprint density at radius 1 is 1.23 bits per heavy atom. The van der Waals surface area contributed by atoms with Crippen molar-refractivity contribution >= 4 is 29.2 Å². The van der Waals surface area contributed by atoms with Crippen molar-refractivity contribution in [3.63, 3.8) is 0 Å². The lowest BCUT2D eigenvalue weighted by atomic mass is 9.89. The van der Waals surface area contributed by atoms with Gasteiger partial charge in [0.1, 0.15) is 0 Å². The number of nitrogens with one attached hydrogen (secondary N) is 1. The minimum atomic E-state index is -1.12. The average Bonchev–Trinajstić information content (AvgIpc) is 2.38. The molecule has 22 heavy (non-hydrogen) atoms. The standard InChI is InChI=1S/C16H22ClNO4/c1-3-7-16(22,8-4-2)10-14(19)18-11-5-6-12(15(20)21)13(17)9-11/h5-6,9,22H,3-4,7-8,10H2,1-2H3,(H,18,19)(H,20,21). The van der Waals surface area contributed by atoms with Gasteiger partial charge < -0.3 is 15.5 Å². The van der Waals surface area contributed by atoms with E-state index in [1.165, 1.54) is 18.2 Å². The molecule has 0 atom stereocenters. The molecule has 6 heteroatoms. The Labute approximate surface area is 135 Å². The van der Waals surface area contributed by atoms with Gasteiger partial charge in [-0.2, -0.15) is 0 Å². The molecule has 0 aliphatic rings. The Morgan fingerprint density at radius 2 is 1.82 bits per heavy atom. The molecule has 0 spiro atoms. The molecule has 3 N–H and O–H groups in total. The second kappa shape index (κ2) is 8.15. The molecular formula is C16H22ClNO4. The SMILES string of the molecule is CCCC(O)(CCC)CC(=O)Nc1ccc(C(=O)O)c(Cl)c1. The van der Waals surface area contributed by atoms with E-state index >= 15 is 0 Å². The fourth-order valence-corrected chi connectivity index (χ4v) is 2.76. The van der Waals surface area contributed by atoms with E-state index in [0.717, 1.165) is 12.8 Å². The number of aromatic carboxylic acids is 1. The zero-order chi connectivity index (χ0) is 16.8. The van der Waals surface area contributed by atoms with Crippen LogP contribution in [-0.4, -0.2) is 27.7 Å². The molecule has 0 aromatic heterocycles. The Morgan fingerprint density at radius 3 is 2.27 bits per heavy atom. The van der Waals surface area contributed by atoms with E-state index in [9.17, 15) is 14.7 Å². The number of halogens is 1. The maximum atomic E-state index is 12.1. The number of carboxylic acid groups (broad SMARTS) is 1. The summed E-state index contributed by atoms with van der Waals surface area (Å²) in [5, 5.41) is 22.1. The molecular weight excluding hydrogens is 306 g/mol. The Kier molecular flexibility index (Phi) is 6.84. The summed E-state index contributed by atoms with van der Waals surface area (Å²) < 4.78 is 0. The molecule has 5 nitrogen and oxygen atoms in total. The van der Waals surface area contributed by atoms with Crippen molar-refractivity contribution in [2.75, 3.05) is 5.32 Å². The molecule has 122 valence electrons. The van der Waals surface area contributed by atoms with Gasteiger partial charge in [0, 0.05) is 5.69 Å². The van der Waals surface area contributed by atoms with Crippen molar-refractivity contribution in [3.05, 3.63) is 28.8 Å². The average molecular weight is 328 g/mol. The molecule has 0 aliphatic heterocycles. The van der Waals surface area contributed by atoms with Crippen molar-refractivity contribution in [1.29, 1.82) is 0 Å². The number of rotatable bonds is 8. The van der Waals surface area contributed by atoms with E-state index in [1.807, 2.05) is 13.8 Å². The summed E-state index contributed by atoms with van der Waals surface area (Å²) in [7, 11) is 0. The van der Waals surface area contributed by atoms with Crippen molar-refractivity contribution in [2.45, 2.75) is 51.6 Å². The predicted molar refractivity (Wildman–Crippen MR) is 86.4 cm³/mol. The Hall–Kier alpha value is -1.59. The van der Waals surface area contributed by atoms with Gasteiger partial charge in [-0.15, -0.1) is 0 Å². The molecule has 0 saturated heterocycles. The smallest absolute Gasteiger partial charge is 0.337 e. The normalized spacial score (nSPS) is 11.3. The van der Waals surface area contributed by atoms with Gasteiger partial charge in [0.2, 0.25) is 5.91 Å². The van der Waals surface area contributed by atoms with Crippen molar-refractivity contribution < 1.29 is 19.8 Å². The number of carboxylic acids is 1. The Balaban J connectivity index is 2.76. The molecule has 1 amide bonds. The van der Waals surface area contributed by atoms with Crippen molar-refractivity contribution in [3.8, 4) is 0 Å². The molecule has 0 aliphatic carbocycles. The van der Waals surface area contributed by atoms with Gasteiger partial charge >= 0.3 is 5.97 Å². The van der Waals surface area contributed by atoms with Crippen LogP contribution in [0.4, 0.5) is 5.69 Å². The highest BCUT2D eigenvalue weighted by Gasteiger charge is 2.28. The van der Waals surface area contributed by atoms with Crippen LogP contribution in [0.3, 0.4) is 0 Å². The van der Waals surface area contributed by atoms with Gasteiger partial charge in [0.05, 0.1) is 22.6 Å². The van der Waals surface area contributed by atoms with Gasteiger partial charge in [0.25, 0.3) is 0 Å². The van der Waals surface area contributed by atoms with Gasteiger partial charge in [-0.1, -0.05) is 38.3 Å². The highest BCUT2D eigenvalue weighted by molar-refractivity contribution is 6.33. The number of hydrogen-bond acceptors (Lipinski definition) is 3. The minimum Gasteiger partial charge on any atom is -0.478 e. The maximum absolute atomic E-state index is 12.1. The van der Waals surface area contributed by atoms with E-state index < -0.39 is 11.6 Å². The van der Waals surface area contributed by atoms with E-state index in [1.54, 1.807) is 0 Å². The number of carbonyl (C=O) groups is 2. The minimum absolute atomic E-state index is 0.00693. The summed E-state index contributed by atoms with van der Waals surface area (Å²) in [5.41, 5.74) is -0.609. The number of hydrogen-bond donors (Lipinski definition) is 3. The third-order valence-corrected chi connectivity index (χ3v) is 3.72. The highest BCUT2D eigenvalue weighted by atomic mass is 35.5. The van der Waals surface area contributed by atoms with Crippen LogP contribution in [0.5, 0.6) is 0 Å². The zero-order valence-electron chi connectivity index (χ0n) is 12.9. The second-order valence-electron chi connectivity index (χ2n) is 5.45. The molecule has 0 radical (unpaired) electrons. The predicted octanol–water partition coefficient (Wildman–Crippen LogP) is 3.70. The first-order valence-electron chi connectivity index (χ1n) is 7.36. The Bertz CT molecular complexity index is 539. The fourth-order valence-electron chi connectivity index (χ4n) is 2.50. The monoisotopic (exact) mass is 327 g/mol. The molecule has 0 saturated carbocycles. The molecule has 0 bridgehead atoms. The van der Waals surface area contributed by atoms with E-state index in [4.69, 9.17) is 16.7 Å². The summed E-state index contributed by atoms with van der Waals surface area (Å²) >= 11 is 5.86. The molecule has 1 aromatic rings. The van der Waals surface area contributed by atoms with Crippen LogP contribution in [-0.2, 0) is 4.79 Å². The van der Waals surface area contributed by atoms with Crippen LogP contribution < -0.4 is 5.32 Å². The summed E-state index contributed by atoms with van der Waals surface area (Å²) in [6.07, 6.45) is 2.72. The quantitative estimate of drug-likeness (QED) is 0.679. The first kappa shape index (κ1) is 18.5. The van der Waals surface area contributed by atoms with Crippen LogP contribution in [0, 0.1) is 0 Å². The van der Waals surface area contributed by atoms with Crippen LogP contribution in [0.1, 0.15) is 56.3 Å². The van der Waals surface area contributed by atoms with Crippen LogP contribution >= 0.6 is 11.6 Å². The van der Waals surface area contributed by atoms with Crippen LogP contribution in [0.25, 0.3) is 0 Å². The van der Waals surface area contributed by atoms with Gasteiger partial charge in [-0.3, -0.25) is 4.79 Å². The van der Waals surface area contributed by atoms with Gasteiger partial charge in [-0.05, 0) is 31.0 Å². The molecule has 0 unspecified atom stereocenters. The van der Waals surface area contributed by atoms with Crippen molar-refractivity contribution in [2.24, 2.45) is 0 Å². The lowest BCUT2D eigenvalue weighted by Gasteiger charge is -2.26. The summed E-state index contributed by atoms with van der Waals surface area (Å²) in [6.45, 7) is 3.92. The van der Waals surface area contributed by atoms with E-state index in [2.05, 4.69) is 5.32 Å². The van der Waals surface area contributed by atoms with E-state index in [-0.39, 0.29) is 22.9 Å². The molecule has 1 rings (SSSR count). The first-order chi connectivity index (χ1) is 10.3. The topological polar surface area (TPSA) is 86.6 Å². The van der Waals surface area contributed by atoms with Crippen LogP contribution in [0.2, 0.25) is 5.02 Å². The number of anilines is 1. The zero-order valence-corrected chi connectivity index (χ0v) is 13.6. The second-order valence-corrected chi connectivity index (χ2v) is 5.86. The lowest BCUT2D eigenvalue weighted by Crippen LogP contribution is -2.33. The number of aliphatic hydroxyl groups is 1. The highest BCUT2D eigenvalue weighted by Crippen LogP contribution is 2.25. The molecule has 0 fully saturated rings. The van der Waals surface area contributed by atoms with Crippen molar-refractivity contribution in [1.82, 2.24) is 0 Å². The summed E-state index contributed by atoms with van der Waals surface area (Å²) in [4.78, 5) is 23.0. The third-order valence-electron chi connectivity index (χ3n) is 3.40. The summed E-state index contributed by atoms with van der Waals surface area (Å²) in [5.74, 6) is -1.44. The fraction of sp³-hybridized carbons (Fsp3) is 0.500. The van der Waals surface area contributed by atoms with Crippen LogP contribution in [0.15, 0.2) is 18.2 Å². The number of benzene rings is 1. The first-order valence-corrected chi connectivity index (χ1v) is 7.74. The van der Waals surface area contributed by atoms with E-state index in [0.29, 0.717) is 18.5 Å². The third kappa shape index (κ3) is 5.31. The molecule has 1 aromatic carbocycles. The maximum Gasteiger partial charge on any atom is 0.337 e. The largest absolute Gasteiger partial charge is 0.478 e. The number of amides is 1.